The van der Waals surface area contributed by atoms with E-state index >= 15 is 0 Å². The van der Waals surface area contributed by atoms with E-state index in [1.165, 1.54) is 5.56 Å². The van der Waals surface area contributed by atoms with Gasteiger partial charge < -0.3 is 14.8 Å². The molecule has 1 fully saturated rings. The minimum absolute atomic E-state index is 0.276. The van der Waals surface area contributed by atoms with Crippen LogP contribution in [0.25, 0.3) is 0 Å². The molecule has 6 heteroatoms. The molecule has 0 aromatic heterocycles. The fourth-order valence-electron chi connectivity index (χ4n) is 3.91. The summed E-state index contributed by atoms with van der Waals surface area (Å²) < 4.78 is 10.9. The van der Waals surface area contributed by atoms with Crippen LogP contribution in [-0.2, 0) is 33.8 Å². The molecule has 0 saturated carbocycles. The number of rotatable bonds is 5. The molecule has 6 nitrogen and oxygen atoms in total. The molecule has 0 radical (unpaired) electrons. The zero-order valence-electron chi connectivity index (χ0n) is 16.6. The number of hydrogen-bond acceptors (Lipinski definition) is 5. The minimum atomic E-state index is -1.20. The van der Waals surface area contributed by atoms with Crippen molar-refractivity contribution >= 4 is 11.9 Å². The minimum Gasteiger partial charge on any atom is -0.445 e. The van der Waals surface area contributed by atoms with Gasteiger partial charge in [0.15, 0.2) is 5.60 Å². The molecule has 1 amide bonds. The summed E-state index contributed by atoms with van der Waals surface area (Å²) in [6.45, 7) is 6.23. The van der Waals surface area contributed by atoms with E-state index in [0.717, 1.165) is 44.0 Å². The molecule has 29 heavy (non-hydrogen) atoms. The van der Waals surface area contributed by atoms with Crippen LogP contribution in [0.15, 0.2) is 48.5 Å². The van der Waals surface area contributed by atoms with E-state index in [2.05, 4.69) is 16.3 Å². The Morgan fingerprint density at radius 1 is 1.07 bits per heavy atom. The quantitative estimate of drug-likeness (QED) is 0.789. The third kappa shape index (κ3) is 4.33. The van der Waals surface area contributed by atoms with E-state index < -0.39 is 11.6 Å². The van der Waals surface area contributed by atoms with Gasteiger partial charge in [0.25, 0.3) is 5.91 Å². The van der Waals surface area contributed by atoms with Gasteiger partial charge >= 0.3 is 5.97 Å². The molecule has 1 atom stereocenters. The lowest BCUT2D eigenvalue weighted by Gasteiger charge is -2.33. The van der Waals surface area contributed by atoms with Gasteiger partial charge in [-0.25, -0.2) is 4.79 Å². The van der Waals surface area contributed by atoms with E-state index in [1.807, 2.05) is 30.3 Å². The SMILES string of the molecule is CC1(C(=O)NCc2ccccc2CN2CCOCC2)Cc2ccccc2C(=O)O1. The smallest absolute Gasteiger partial charge is 0.339 e. The number of carbonyl (C=O) groups is 2. The Hall–Kier alpha value is -2.70. The van der Waals surface area contributed by atoms with Crippen molar-refractivity contribution in [2.24, 2.45) is 0 Å². The van der Waals surface area contributed by atoms with Crippen molar-refractivity contribution in [3.05, 3.63) is 70.8 Å². The van der Waals surface area contributed by atoms with Crippen molar-refractivity contribution in [2.45, 2.75) is 32.0 Å². The number of nitrogens with one attached hydrogen (secondary N) is 1. The topological polar surface area (TPSA) is 67.9 Å². The molecular formula is C23H26N2O4. The summed E-state index contributed by atoms with van der Waals surface area (Å²) in [5.41, 5.74) is 2.43. The van der Waals surface area contributed by atoms with Gasteiger partial charge in [0, 0.05) is 32.6 Å². The zero-order chi connectivity index (χ0) is 20.3. The molecular weight excluding hydrogens is 368 g/mol. The van der Waals surface area contributed by atoms with Crippen LogP contribution in [0.5, 0.6) is 0 Å². The van der Waals surface area contributed by atoms with E-state index in [4.69, 9.17) is 9.47 Å². The molecule has 0 bridgehead atoms. The normalized spacial score (nSPS) is 21.9. The predicted octanol–water partition coefficient (Wildman–Crippen LogP) is 2.31. The summed E-state index contributed by atoms with van der Waals surface area (Å²) in [6.07, 6.45) is 0.371. The highest BCUT2D eigenvalue weighted by atomic mass is 16.6. The Labute approximate surface area is 170 Å². The molecule has 2 aromatic carbocycles. The monoisotopic (exact) mass is 394 g/mol. The molecule has 2 aromatic rings. The molecule has 1 saturated heterocycles. The second kappa shape index (κ2) is 8.35. The number of esters is 1. The number of benzene rings is 2. The number of amides is 1. The summed E-state index contributed by atoms with van der Waals surface area (Å²) in [7, 11) is 0. The number of hydrogen-bond donors (Lipinski definition) is 1. The summed E-state index contributed by atoms with van der Waals surface area (Å²) >= 11 is 0. The number of morpholine rings is 1. The molecule has 1 N–H and O–H groups in total. The Morgan fingerprint density at radius 3 is 2.55 bits per heavy atom. The van der Waals surface area contributed by atoms with Gasteiger partial charge in [-0.15, -0.1) is 0 Å². The first-order valence-corrected chi connectivity index (χ1v) is 10.0. The molecule has 4 rings (SSSR count). The first kappa shape index (κ1) is 19.6. The average Bonchev–Trinajstić information content (AvgIpc) is 2.73. The number of carbonyl (C=O) groups excluding carboxylic acids is 2. The summed E-state index contributed by atoms with van der Waals surface area (Å²) in [5.74, 6) is -0.723. The first-order chi connectivity index (χ1) is 14.0. The average molecular weight is 394 g/mol. The van der Waals surface area contributed by atoms with Crippen molar-refractivity contribution in [2.75, 3.05) is 26.3 Å². The van der Waals surface area contributed by atoms with Gasteiger partial charge in [0.2, 0.25) is 0 Å². The fraction of sp³-hybridized carbons (Fsp3) is 0.391. The maximum atomic E-state index is 12.9. The maximum Gasteiger partial charge on any atom is 0.339 e. The van der Waals surface area contributed by atoms with E-state index in [1.54, 1.807) is 19.1 Å². The van der Waals surface area contributed by atoms with Crippen LogP contribution in [-0.4, -0.2) is 48.7 Å². The molecule has 2 aliphatic heterocycles. The van der Waals surface area contributed by atoms with E-state index in [9.17, 15) is 9.59 Å². The van der Waals surface area contributed by atoms with Crippen molar-refractivity contribution in [1.82, 2.24) is 10.2 Å². The Morgan fingerprint density at radius 2 is 1.76 bits per heavy atom. The summed E-state index contributed by atoms with van der Waals surface area (Å²) in [4.78, 5) is 27.6. The van der Waals surface area contributed by atoms with Crippen molar-refractivity contribution < 1.29 is 19.1 Å². The highest BCUT2D eigenvalue weighted by Gasteiger charge is 2.42. The summed E-state index contributed by atoms with van der Waals surface area (Å²) in [6, 6.07) is 15.4. The van der Waals surface area contributed by atoms with Crippen LogP contribution < -0.4 is 5.32 Å². The lowest BCUT2D eigenvalue weighted by atomic mass is 9.89. The second-order valence-corrected chi connectivity index (χ2v) is 7.79. The van der Waals surface area contributed by atoms with Gasteiger partial charge in [-0.1, -0.05) is 42.5 Å². The maximum absolute atomic E-state index is 12.9. The van der Waals surface area contributed by atoms with Gasteiger partial charge in [-0.3, -0.25) is 9.69 Å². The highest BCUT2D eigenvalue weighted by molar-refractivity contribution is 5.97. The largest absolute Gasteiger partial charge is 0.445 e. The van der Waals surface area contributed by atoms with E-state index in [-0.39, 0.29) is 5.91 Å². The predicted molar refractivity (Wildman–Crippen MR) is 108 cm³/mol. The molecule has 1 unspecified atom stereocenters. The Kier molecular flexibility index (Phi) is 5.65. The van der Waals surface area contributed by atoms with Crippen LogP contribution in [0.3, 0.4) is 0 Å². The lowest BCUT2D eigenvalue weighted by Crippen LogP contribution is -2.51. The Balaban J connectivity index is 1.43. The number of ether oxygens (including phenoxy) is 2. The van der Waals surface area contributed by atoms with Gasteiger partial charge in [0.1, 0.15) is 0 Å². The van der Waals surface area contributed by atoms with Crippen LogP contribution in [0.4, 0.5) is 0 Å². The molecule has 0 aliphatic carbocycles. The highest BCUT2D eigenvalue weighted by Crippen LogP contribution is 2.28. The molecule has 152 valence electrons. The van der Waals surface area contributed by atoms with Gasteiger partial charge in [0.05, 0.1) is 18.8 Å². The van der Waals surface area contributed by atoms with Crippen LogP contribution in [0.2, 0.25) is 0 Å². The van der Waals surface area contributed by atoms with Crippen LogP contribution in [0.1, 0.15) is 34.0 Å². The van der Waals surface area contributed by atoms with Crippen molar-refractivity contribution in [1.29, 1.82) is 0 Å². The van der Waals surface area contributed by atoms with Crippen molar-refractivity contribution in [3.8, 4) is 0 Å². The van der Waals surface area contributed by atoms with Crippen LogP contribution >= 0.6 is 0 Å². The first-order valence-electron chi connectivity index (χ1n) is 10.0. The van der Waals surface area contributed by atoms with E-state index in [0.29, 0.717) is 18.5 Å². The third-order valence-electron chi connectivity index (χ3n) is 5.62. The fourth-order valence-corrected chi connectivity index (χ4v) is 3.91. The Bertz CT molecular complexity index is 907. The van der Waals surface area contributed by atoms with Crippen LogP contribution in [0, 0.1) is 0 Å². The lowest BCUT2D eigenvalue weighted by molar-refractivity contribution is -0.140. The standard InChI is InChI=1S/C23H26N2O4/c1-23(14-17-6-4-5-9-20(17)21(26)29-23)22(27)24-15-18-7-2-3-8-19(18)16-25-10-12-28-13-11-25/h2-9H,10-16H2,1H3,(H,24,27). The third-order valence-corrected chi connectivity index (χ3v) is 5.62. The van der Waals surface area contributed by atoms with Crippen molar-refractivity contribution in [3.63, 3.8) is 0 Å². The number of nitrogens with zero attached hydrogens (tertiary/aromatic N) is 1. The molecule has 2 heterocycles. The summed E-state index contributed by atoms with van der Waals surface area (Å²) in [5, 5.41) is 2.98. The number of cyclic esters (lactones) is 1. The molecule has 2 aliphatic rings. The van der Waals surface area contributed by atoms with Gasteiger partial charge in [-0.05, 0) is 29.7 Å². The van der Waals surface area contributed by atoms with Gasteiger partial charge in [-0.2, -0.15) is 0 Å². The molecule has 0 spiro atoms. The number of fused-ring (bicyclic) bond motifs is 1. The second-order valence-electron chi connectivity index (χ2n) is 7.79. The zero-order valence-corrected chi connectivity index (χ0v) is 16.6.